The Balaban J connectivity index is 0.985. The van der Waals surface area contributed by atoms with E-state index in [-0.39, 0.29) is 30.6 Å². The summed E-state index contributed by atoms with van der Waals surface area (Å²) in [7, 11) is 0. The van der Waals surface area contributed by atoms with Crippen molar-refractivity contribution in [2.24, 2.45) is 0 Å². The van der Waals surface area contributed by atoms with E-state index in [4.69, 9.17) is 26.8 Å². The Kier molecular flexibility index (Phi) is 13.7. The first-order valence-electron chi connectivity index (χ1n) is 18.9. The molecular formula is C43H51ClN4O6. The van der Waals surface area contributed by atoms with Crippen LogP contribution >= 0.6 is 11.6 Å². The minimum absolute atomic E-state index is 0.0212. The van der Waals surface area contributed by atoms with Crippen LogP contribution in [0.1, 0.15) is 92.4 Å². The van der Waals surface area contributed by atoms with Crippen molar-refractivity contribution in [2.45, 2.75) is 88.5 Å². The van der Waals surface area contributed by atoms with Crippen molar-refractivity contribution >= 4 is 40.5 Å². The second-order valence-corrected chi connectivity index (χ2v) is 14.8. The molecule has 0 bridgehead atoms. The normalized spacial score (nSPS) is 19.9. The smallest absolute Gasteiger partial charge is 0.224 e. The van der Waals surface area contributed by atoms with Gasteiger partial charge in [0.2, 0.25) is 11.8 Å². The third-order valence-electron chi connectivity index (χ3n) is 10.4. The number of hydrogen-bond donors (Lipinski definition) is 5. The van der Waals surface area contributed by atoms with E-state index < -0.39 is 11.9 Å². The maximum atomic E-state index is 12.7. The largest absolute Gasteiger partial charge is 0.397 e. The number of carbonyl (C=O) groups excluding carboxylic acids is 2. The van der Waals surface area contributed by atoms with Gasteiger partial charge in [-0.05, 0) is 78.8 Å². The molecule has 0 saturated carbocycles. The van der Waals surface area contributed by atoms with E-state index in [1.54, 1.807) is 12.1 Å². The molecule has 286 valence electrons. The summed E-state index contributed by atoms with van der Waals surface area (Å²) in [6, 6.07) is 30.1. The first-order chi connectivity index (χ1) is 26.2. The van der Waals surface area contributed by atoms with Gasteiger partial charge in [0.05, 0.1) is 35.8 Å². The van der Waals surface area contributed by atoms with Crippen molar-refractivity contribution < 1.29 is 29.3 Å². The zero-order chi connectivity index (χ0) is 37.9. The Bertz CT molecular complexity index is 1810. The minimum Gasteiger partial charge on any atom is -0.397 e. The number of aliphatic hydroxyl groups is 2. The number of piperidine rings is 1. The third-order valence-corrected chi connectivity index (χ3v) is 10.7. The number of nitrogens with one attached hydrogen (secondary N) is 2. The molecule has 3 atom stereocenters. The van der Waals surface area contributed by atoms with E-state index in [1.807, 2.05) is 84.9 Å². The molecule has 2 heterocycles. The standard InChI is InChI=1S/C43H51ClN4O6/c44-34-19-17-33(18-20-34)43(52)23-25-48(26-24-43)28-36-27-39(31-13-11-30(29-49)12-14-31)54-42(53-36)32-15-21-35(22-16-32)46-40(50)9-3-1-2-4-10-41(51)47-38-8-6-5-7-37(38)45/h5-8,11-22,36,39,42,49,52H,1-4,9-10,23-29,45H2,(H,46,50)(H,47,51)/t36-,39+,42+/m1/s1. The van der Waals surface area contributed by atoms with E-state index in [0.29, 0.717) is 60.7 Å². The first-order valence-corrected chi connectivity index (χ1v) is 19.3. The Morgan fingerprint density at radius 1 is 0.796 bits per heavy atom. The average Bonchev–Trinajstić information content (AvgIpc) is 3.18. The number of nitrogen functional groups attached to an aromatic ring is 1. The van der Waals surface area contributed by atoms with Crippen molar-refractivity contribution in [1.29, 1.82) is 0 Å². The maximum Gasteiger partial charge on any atom is 0.224 e. The molecule has 2 aliphatic heterocycles. The molecule has 0 spiro atoms. The number of aliphatic hydroxyl groups excluding tert-OH is 1. The molecular weight excluding hydrogens is 704 g/mol. The number of halogens is 1. The lowest BCUT2D eigenvalue weighted by Crippen LogP contribution is -2.46. The molecule has 2 fully saturated rings. The van der Waals surface area contributed by atoms with Crippen LogP contribution in [0.3, 0.4) is 0 Å². The molecule has 0 aliphatic carbocycles. The van der Waals surface area contributed by atoms with Crippen LogP contribution in [0, 0.1) is 0 Å². The molecule has 2 aliphatic rings. The number of anilines is 3. The SMILES string of the molecule is Nc1ccccc1NC(=O)CCCCCCC(=O)Nc1ccc([C@H]2O[C@@H](CN3CCC(O)(c4ccc(Cl)cc4)CC3)C[C@@H](c3ccc(CO)cc3)O2)cc1. The van der Waals surface area contributed by atoms with Crippen LogP contribution in [0.15, 0.2) is 97.1 Å². The van der Waals surface area contributed by atoms with Crippen LogP contribution in [-0.2, 0) is 31.3 Å². The van der Waals surface area contributed by atoms with Crippen molar-refractivity contribution in [1.82, 2.24) is 4.90 Å². The van der Waals surface area contributed by atoms with Crippen molar-refractivity contribution in [2.75, 3.05) is 36.0 Å². The van der Waals surface area contributed by atoms with Gasteiger partial charge in [0.15, 0.2) is 6.29 Å². The predicted molar refractivity (Wildman–Crippen MR) is 212 cm³/mol. The van der Waals surface area contributed by atoms with Crippen molar-refractivity contribution in [3.05, 3.63) is 124 Å². The molecule has 0 unspecified atom stereocenters. The Labute approximate surface area is 322 Å². The number of rotatable bonds is 15. The molecule has 54 heavy (non-hydrogen) atoms. The molecule has 6 rings (SSSR count). The summed E-state index contributed by atoms with van der Waals surface area (Å²) in [6.45, 7) is 2.14. The van der Waals surface area contributed by atoms with Crippen LogP contribution < -0.4 is 16.4 Å². The molecule has 0 radical (unpaired) electrons. The third kappa shape index (κ3) is 10.9. The van der Waals surface area contributed by atoms with Gasteiger partial charge in [0.1, 0.15) is 0 Å². The van der Waals surface area contributed by atoms with E-state index in [0.717, 1.165) is 61.0 Å². The van der Waals surface area contributed by atoms with E-state index in [1.165, 1.54) is 0 Å². The number of likely N-dealkylation sites (tertiary alicyclic amines) is 1. The minimum atomic E-state index is -0.882. The first kappa shape index (κ1) is 39.4. The van der Waals surface area contributed by atoms with Gasteiger partial charge in [-0.2, -0.15) is 0 Å². The number of unbranched alkanes of at least 4 members (excludes halogenated alkanes) is 3. The fourth-order valence-corrected chi connectivity index (χ4v) is 7.30. The summed E-state index contributed by atoms with van der Waals surface area (Å²) >= 11 is 6.08. The number of nitrogens with two attached hydrogens (primary N) is 1. The lowest BCUT2D eigenvalue weighted by atomic mass is 9.84. The van der Waals surface area contributed by atoms with Crippen LogP contribution in [0.5, 0.6) is 0 Å². The van der Waals surface area contributed by atoms with Gasteiger partial charge in [-0.3, -0.25) is 9.59 Å². The van der Waals surface area contributed by atoms with Gasteiger partial charge in [0.25, 0.3) is 0 Å². The molecule has 2 amide bonds. The molecule has 6 N–H and O–H groups in total. The number of nitrogens with zero attached hydrogens (tertiary/aromatic N) is 1. The van der Waals surface area contributed by atoms with Crippen molar-refractivity contribution in [3.8, 4) is 0 Å². The summed E-state index contributed by atoms with van der Waals surface area (Å²) in [5.41, 5.74) is 10.5. The molecule has 4 aromatic rings. The van der Waals surface area contributed by atoms with Gasteiger partial charge in [-0.1, -0.05) is 85.1 Å². The Morgan fingerprint density at radius 3 is 2.07 bits per heavy atom. The fourth-order valence-electron chi connectivity index (χ4n) is 7.17. The molecule has 11 heteroatoms. The maximum absolute atomic E-state index is 12.7. The van der Waals surface area contributed by atoms with Crippen LogP contribution in [0.4, 0.5) is 17.1 Å². The topological polar surface area (TPSA) is 146 Å². The fraction of sp³-hybridized carbons (Fsp3) is 0.395. The second kappa shape index (κ2) is 18.8. The summed E-state index contributed by atoms with van der Waals surface area (Å²) < 4.78 is 13.1. The molecule has 2 saturated heterocycles. The summed E-state index contributed by atoms with van der Waals surface area (Å²) in [5.74, 6) is -0.117. The Morgan fingerprint density at radius 2 is 1.43 bits per heavy atom. The highest BCUT2D eigenvalue weighted by atomic mass is 35.5. The highest BCUT2D eigenvalue weighted by molar-refractivity contribution is 6.30. The van der Waals surface area contributed by atoms with Gasteiger partial charge in [0, 0.05) is 55.2 Å². The monoisotopic (exact) mass is 754 g/mol. The lowest BCUT2D eigenvalue weighted by molar-refractivity contribution is -0.253. The van der Waals surface area contributed by atoms with E-state index in [9.17, 15) is 19.8 Å². The van der Waals surface area contributed by atoms with E-state index >= 15 is 0 Å². The lowest BCUT2D eigenvalue weighted by Gasteiger charge is -2.42. The molecule has 10 nitrogen and oxygen atoms in total. The van der Waals surface area contributed by atoms with Gasteiger partial charge in [-0.15, -0.1) is 0 Å². The van der Waals surface area contributed by atoms with Crippen LogP contribution in [-0.4, -0.2) is 52.7 Å². The second-order valence-electron chi connectivity index (χ2n) is 14.4. The quantitative estimate of drug-likeness (QED) is 0.0609. The summed E-state index contributed by atoms with van der Waals surface area (Å²) in [4.78, 5) is 27.3. The number of benzene rings is 4. The van der Waals surface area contributed by atoms with Crippen molar-refractivity contribution in [3.63, 3.8) is 0 Å². The number of amides is 2. The number of para-hydroxylation sites is 2. The van der Waals surface area contributed by atoms with Gasteiger partial charge >= 0.3 is 0 Å². The molecule has 0 aromatic heterocycles. The predicted octanol–water partition coefficient (Wildman–Crippen LogP) is 7.86. The highest BCUT2D eigenvalue weighted by Crippen LogP contribution is 2.40. The number of carbonyl (C=O) groups is 2. The molecule has 4 aromatic carbocycles. The van der Waals surface area contributed by atoms with Gasteiger partial charge < -0.3 is 41.0 Å². The highest BCUT2D eigenvalue weighted by Gasteiger charge is 2.37. The Hall–Kier alpha value is -4.29. The number of hydrogen-bond acceptors (Lipinski definition) is 8. The van der Waals surface area contributed by atoms with Crippen LogP contribution in [0.2, 0.25) is 5.02 Å². The van der Waals surface area contributed by atoms with Crippen LogP contribution in [0.25, 0.3) is 0 Å². The summed E-state index contributed by atoms with van der Waals surface area (Å²) in [5, 5.41) is 27.5. The zero-order valence-corrected chi connectivity index (χ0v) is 31.3. The van der Waals surface area contributed by atoms with E-state index in [2.05, 4.69) is 15.5 Å². The summed E-state index contributed by atoms with van der Waals surface area (Å²) in [6.07, 6.45) is 4.95. The zero-order valence-electron chi connectivity index (χ0n) is 30.6. The van der Waals surface area contributed by atoms with Gasteiger partial charge in [-0.25, -0.2) is 0 Å². The number of ether oxygens (including phenoxy) is 2. The average molecular weight is 755 g/mol.